The van der Waals surface area contributed by atoms with Gasteiger partial charge in [-0.2, -0.15) is 0 Å². The summed E-state index contributed by atoms with van der Waals surface area (Å²) in [5.74, 6) is -0.0839. The number of nitrogens with zero attached hydrogens (tertiary/aromatic N) is 2. The number of hydrogen-bond acceptors (Lipinski definition) is 4. The molecule has 0 saturated carbocycles. The van der Waals surface area contributed by atoms with E-state index < -0.39 is 5.97 Å². The molecule has 1 N–H and O–H groups in total. The molecule has 144 valence electrons. The van der Waals surface area contributed by atoms with Gasteiger partial charge in [0.2, 0.25) is 0 Å². The molecule has 0 amide bonds. The lowest BCUT2D eigenvalue weighted by atomic mass is 9.99. The van der Waals surface area contributed by atoms with Crippen molar-refractivity contribution >= 4 is 5.97 Å². The lowest BCUT2D eigenvalue weighted by Gasteiger charge is -2.32. The first-order valence-corrected chi connectivity index (χ1v) is 9.48. The highest BCUT2D eigenvalue weighted by Crippen LogP contribution is 2.31. The molecule has 1 fully saturated rings. The molecule has 5 heteroatoms. The van der Waals surface area contributed by atoms with Gasteiger partial charge in [0.1, 0.15) is 5.75 Å². The largest absolute Gasteiger partial charge is 0.496 e. The Labute approximate surface area is 161 Å². The Hall–Kier alpha value is -2.37. The topological polar surface area (TPSA) is 53.0 Å². The molecule has 0 bridgehead atoms. The second-order valence-corrected chi connectivity index (χ2v) is 7.17. The van der Waals surface area contributed by atoms with Crippen LogP contribution in [0.3, 0.4) is 0 Å². The van der Waals surface area contributed by atoms with E-state index in [9.17, 15) is 4.79 Å². The lowest BCUT2D eigenvalue weighted by Crippen LogP contribution is -2.44. The van der Waals surface area contributed by atoms with E-state index >= 15 is 0 Å². The Morgan fingerprint density at radius 2 is 1.78 bits per heavy atom. The first kappa shape index (κ1) is 19.4. The van der Waals surface area contributed by atoms with Crippen molar-refractivity contribution in [3.8, 4) is 16.9 Å². The minimum Gasteiger partial charge on any atom is -0.496 e. The monoisotopic (exact) mass is 368 g/mol. The van der Waals surface area contributed by atoms with Crippen molar-refractivity contribution in [1.82, 2.24) is 9.80 Å². The maximum atomic E-state index is 11.0. The summed E-state index contributed by atoms with van der Waals surface area (Å²) in [4.78, 5) is 15.9. The van der Waals surface area contributed by atoms with Crippen LogP contribution in [-0.2, 0) is 6.42 Å². The van der Waals surface area contributed by atoms with E-state index in [1.807, 2.05) is 12.1 Å². The molecular weight excluding hydrogens is 340 g/mol. The highest BCUT2D eigenvalue weighted by atomic mass is 16.5. The van der Waals surface area contributed by atoms with E-state index in [-0.39, 0.29) is 0 Å². The Bertz CT molecular complexity index is 766. The summed E-state index contributed by atoms with van der Waals surface area (Å²) in [7, 11) is 3.86. The molecule has 2 aromatic rings. The van der Waals surface area contributed by atoms with Crippen LogP contribution in [0.15, 0.2) is 42.5 Å². The zero-order valence-corrected chi connectivity index (χ0v) is 16.1. The first-order valence-electron chi connectivity index (χ1n) is 9.48. The van der Waals surface area contributed by atoms with Gasteiger partial charge in [-0.05, 0) is 55.8 Å². The van der Waals surface area contributed by atoms with Crippen LogP contribution in [0.25, 0.3) is 11.1 Å². The van der Waals surface area contributed by atoms with Crippen LogP contribution >= 0.6 is 0 Å². The highest BCUT2D eigenvalue weighted by molar-refractivity contribution is 5.88. The van der Waals surface area contributed by atoms with Crippen molar-refractivity contribution in [2.75, 3.05) is 46.9 Å². The fourth-order valence-electron chi connectivity index (χ4n) is 3.50. The summed E-state index contributed by atoms with van der Waals surface area (Å²) < 4.78 is 5.59. The average Bonchev–Trinajstić information content (AvgIpc) is 2.69. The summed E-state index contributed by atoms with van der Waals surface area (Å²) in [5.41, 5.74) is 3.50. The lowest BCUT2D eigenvalue weighted by molar-refractivity contribution is 0.0697. The van der Waals surface area contributed by atoms with Crippen molar-refractivity contribution in [3.63, 3.8) is 0 Å². The van der Waals surface area contributed by atoms with Gasteiger partial charge in [0, 0.05) is 31.7 Å². The van der Waals surface area contributed by atoms with Crippen molar-refractivity contribution in [2.24, 2.45) is 0 Å². The number of carboxylic acid groups (broad SMARTS) is 1. The third kappa shape index (κ3) is 5.08. The third-order valence-corrected chi connectivity index (χ3v) is 5.24. The van der Waals surface area contributed by atoms with E-state index in [4.69, 9.17) is 9.84 Å². The molecule has 5 nitrogen and oxygen atoms in total. The standard InChI is InChI=1S/C22H28N2O3/c1-23-12-14-24(15-13-23)11-3-4-17-5-10-20(21(16-17)27-2)18-6-8-19(9-7-18)22(25)26/h5-10,16H,3-4,11-15H2,1-2H3,(H,25,26). The molecule has 1 aliphatic heterocycles. The van der Waals surface area contributed by atoms with E-state index in [2.05, 4.69) is 35.0 Å². The molecule has 0 spiro atoms. The van der Waals surface area contributed by atoms with Crippen LogP contribution in [0.4, 0.5) is 0 Å². The molecule has 1 heterocycles. The smallest absolute Gasteiger partial charge is 0.335 e. The molecule has 1 saturated heterocycles. The van der Waals surface area contributed by atoms with Crippen LogP contribution in [0.2, 0.25) is 0 Å². The van der Waals surface area contributed by atoms with Crippen molar-refractivity contribution < 1.29 is 14.6 Å². The summed E-state index contributed by atoms with van der Waals surface area (Å²) in [6.07, 6.45) is 2.17. The molecule has 2 aromatic carbocycles. The van der Waals surface area contributed by atoms with Crippen LogP contribution in [0.5, 0.6) is 5.75 Å². The Balaban J connectivity index is 1.62. The van der Waals surface area contributed by atoms with Crippen molar-refractivity contribution in [1.29, 1.82) is 0 Å². The predicted molar refractivity (Wildman–Crippen MR) is 108 cm³/mol. The maximum absolute atomic E-state index is 11.0. The summed E-state index contributed by atoms with van der Waals surface area (Å²) in [6, 6.07) is 13.2. The van der Waals surface area contributed by atoms with Crippen molar-refractivity contribution in [3.05, 3.63) is 53.6 Å². The van der Waals surface area contributed by atoms with Gasteiger partial charge in [-0.15, -0.1) is 0 Å². The summed E-state index contributed by atoms with van der Waals surface area (Å²) in [6.45, 7) is 5.76. The van der Waals surface area contributed by atoms with Gasteiger partial charge in [-0.3, -0.25) is 0 Å². The Morgan fingerprint density at radius 1 is 1.07 bits per heavy atom. The number of rotatable bonds is 7. The van der Waals surface area contributed by atoms with Crippen LogP contribution in [0, 0.1) is 0 Å². The zero-order chi connectivity index (χ0) is 19.2. The number of methoxy groups -OCH3 is 1. The quantitative estimate of drug-likeness (QED) is 0.813. The maximum Gasteiger partial charge on any atom is 0.335 e. The van der Waals surface area contributed by atoms with Gasteiger partial charge in [-0.25, -0.2) is 4.79 Å². The van der Waals surface area contributed by atoms with E-state index in [1.54, 1.807) is 19.2 Å². The van der Waals surface area contributed by atoms with E-state index in [0.29, 0.717) is 5.56 Å². The van der Waals surface area contributed by atoms with Gasteiger partial charge in [0.25, 0.3) is 0 Å². The van der Waals surface area contributed by atoms with Gasteiger partial charge in [-0.1, -0.05) is 24.3 Å². The first-order chi connectivity index (χ1) is 13.1. The normalized spacial score (nSPS) is 15.6. The molecular formula is C22H28N2O3. The molecule has 0 atom stereocenters. The predicted octanol–water partition coefficient (Wildman–Crippen LogP) is 3.24. The highest BCUT2D eigenvalue weighted by Gasteiger charge is 2.13. The van der Waals surface area contributed by atoms with Gasteiger partial charge in [0.15, 0.2) is 0 Å². The Kier molecular flexibility index (Phi) is 6.48. The minimum atomic E-state index is -0.913. The summed E-state index contributed by atoms with van der Waals surface area (Å²) in [5, 5.41) is 9.04. The number of aromatic carboxylic acids is 1. The zero-order valence-electron chi connectivity index (χ0n) is 16.1. The SMILES string of the molecule is COc1cc(CCCN2CCN(C)CC2)ccc1-c1ccc(C(=O)O)cc1. The van der Waals surface area contributed by atoms with Gasteiger partial charge in [0.05, 0.1) is 12.7 Å². The van der Waals surface area contributed by atoms with Crippen LogP contribution in [0.1, 0.15) is 22.3 Å². The number of piperazine rings is 1. The molecule has 3 rings (SSSR count). The van der Waals surface area contributed by atoms with Crippen LogP contribution < -0.4 is 4.74 Å². The number of likely N-dealkylation sites (N-methyl/N-ethyl adjacent to an activating group) is 1. The second-order valence-electron chi connectivity index (χ2n) is 7.17. The van der Waals surface area contributed by atoms with Crippen molar-refractivity contribution in [2.45, 2.75) is 12.8 Å². The molecule has 0 aromatic heterocycles. The Morgan fingerprint density at radius 3 is 2.41 bits per heavy atom. The average molecular weight is 368 g/mol. The van der Waals surface area contributed by atoms with Gasteiger partial charge >= 0.3 is 5.97 Å². The second kappa shape index (κ2) is 9.02. The molecule has 1 aliphatic rings. The summed E-state index contributed by atoms with van der Waals surface area (Å²) >= 11 is 0. The number of carboxylic acids is 1. The van der Waals surface area contributed by atoms with E-state index in [0.717, 1.165) is 62.4 Å². The number of benzene rings is 2. The molecule has 27 heavy (non-hydrogen) atoms. The molecule has 0 aliphatic carbocycles. The third-order valence-electron chi connectivity index (χ3n) is 5.24. The molecule has 0 unspecified atom stereocenters. The number of hydrogen-bond donors (Lipinski definition) is 1. The van der Waals surface area contributed by atoms with Gasteiger partial charge < -0.3 is 19.6 Å². The number of aryl methyl sites for hydroxylation is 1. The molecule has 0 radical (unpaired) electrons. The van der Waals surface area contributed by atoms with E-state index in [1.165, 1.54) is 5.56 Å². The van der Waals surface area contributed by atoms with Crippen LogP contribution in [-0.4, -0.2) is 67.8 Å². The minimum absolute atomic E-state index is 0.290. The number of carbonyl (C=O) groups is 1. The fraction of sp³-hybridized carbons (Fsp3) is 0.409. The fourth-order valence-corrected chi connectivity index (χ4v) is 3.50. The number of ether oxygens (including phenoxy) is 1.